The predicted molar refractivity (Wildman–Crippen MR) is 76.7 cm³/mol. The van der Waals surface area contributed by atoms with Crippen LogP contribution in [0.25, 0.3) is 10.6 Å². The average molecular weight is 337 g/mol. The van der Waals surface area contributed by atoms with Crippen LogP contribution >= 0.6 is 27.3 Å². The summed E-state index contributed by atoms with van der Waals surface area (Å²) in [5, 5.41) is 17.8. The molecule has 7 heteroatoms. The van der Waals surface area contributed by atoms with Gasteiger partial charge in [-0.05, 0) is 12.1 Å². The smallest absolute Gasteiger partial charge is 0.242 e. The molecule has 0 radical (unpaired) electrons. The lowest BCUT2D eigenvalue weighted by molar-refractivity contribution is -0.117. The molecule has 0 fully saturated rings. The average Bonchev–Trinajstić information content (AvgIpc) is 2.88. The maximum atomic E-state index is 11.6. The van der Waals surface area contributed by atoms with Crippen LogP contribution in [0.5, 0.6) is 0 Å². The van der Waals surface area contributed by atoms with E-state index < -0.39 is 0 Å². The Balaban J connectivity index is 2.22. The van der Waals surface area contributed by atoms with Crippen molar-refractivity contribution in [2.24, 2.45) is 0 Å². The molecule has 1 amide bonds. The van der Waals surface area contributed by atoms with Crippen molar-refractivity contribution in [1.82, 2.24) is 10.2 Å². The van der Waals surface area contributed by atoms with E-state index in [0.29, 0.717) is 5.13 Å². The van der Waals surface area contributed by atoms with Crippen LogP contribution in [-0.4, -0.2) is 23.2 Å². The third-order valence-electron chi connectivity index (χ3n) is 2.40. The van der Waals surface area contributed by atoms with E-state index in [1.807, 2.05) is 30.3 Å². The fraction of sp³-hybridized carbons (Fsp3) is 0.167. The van der Waals surface area contributed by atoms with Crippen molar-refractivity contribution < 1.29 is 4.79 Å². The molecular formula is C12H9BrN4OS. The van der Waals surface area contributed by atoms with Crippen molar-refractivity contribution in [2.75, 3.05) is 11.9 Å². The maximum Gasteiger partial charge on any atom is 0.242 e. The summed E-state index contributed by atoms with van der Waals surface area (Å²) in [6.45, 7) is 0. The second-order valence-corrected chi connectivity index (χ2v) is 5.56. The van der Waals surface area contributed by atoms with Gasteiger partial charge in [0, 0.05) is 17.1 Å². The Hall–Kier alpha value is -1.78. The first-order valence-corrected chi connectivity index (χ1v) is 6.95. The first-order chi connectivity index (χ1) is 9.11. The summed E-state index contributed by atoms with van der Waals surface area (Å²) in [5.74, 6) is -0.291. The molecular weight excluding hydrogens is 328 g/mol. The molecule has 96 valence electrons. The minimum Gasteiger partial charge on any atom is -0.289 e. The van der Waals surface area contributed by atoms with Crippen molar-refractivity contribution in [1.29, 1.82) is 5.26 Å². The standard InChI is InChI=1S/C12H9BrN4OS/c1-17(10(18)6-7-14)12-16-15-11(19-12)8-2-4-9(13)5-3-8/h2-5H,6H2,1H3. The molecule has 0 aliphatic rings. The van der Waals surface area contributed by atoms with E-state index in [1.165, 1.54) is 16.2 Å². The molecule has 0 N–H and O–H groups in total. The van der Waals surface area contributed by atoms with Gasteiger partial charge in [-0.15, -0.1) is 10.2 Å². The van der Waals surface area contributed by atoms with Crippen molar-refractivity contribution in [3.8, 4) is 16.6 Å². The van der Waals surface area contributed by atoms with E-state index >= 15 is 0 Å². The van der Waals surface area contributed by atoms with Gasteiger partial charge in [0.1, 0.15) is 11.4 Å². The zero-order valence-electron chi connectivity index (χ0n) is 10.00. The Morgan fingerprint density at radius 2 is 2.11 bits per heavy atom. The Labute approximate surface area is 122 Å². The summed E-state index contributed by atoms with van der Waals surface area (Å²) in [4.78, 5) is 12.9. The fourth-order valence-corrected chi connectivity index (χ4v) is 2.45. The molecule has 1 aromatic carbocycles. The number of nitriles is 1. The molecule has 0 bridgehead atoms. The zero-order valence-corrected chi connectivity index (χ0v) is 12.4. The van der Waals surface area contributed by atoms with Gasteiger partial charge >= 0.3 is 0 Å². The molecule has 2 aromatic rings. The van der Waals surface area contributed by atoms with E-state index in [0.717, 1.165) is 15.0 Å². The van der Waals surface area contributed by atoms with Crippen LogP contribution in [0.1, 0.15) is 6.42 Å². The number of hydrogen-bond acceptors (Lipinski definition) is 5. The number of carbonyl (C=O) groups is 1. The van der Waals surface area contributed by atoms with Crippen LogP contribution < -0.4 is 4.90 Å². The monoisotopic (exact) mass is 336 g/mol. The normalized spacial score (nSPS) is 9.95. The van der Waals surface area contributed by atoms with Crippen LogP contribution in [0.3, 0.4) is 0 Å². The van der Waals surface area contributed by atoms with Gasteiger partial charge in [-0.3, -0.25) is 9.69 Å². The van der Waals surface area contributed by atoms with Gasteiger partial charge in [0.15, 0.2) is 0 Å². The topological polar surface area (TPSA) is 69.9 Å². The van der Waals surface area contributed by atoms with Gasteiger partial charge in [0.25, 0.3) is 0 Å². The fourth-order valence-electron chi connectivity index (χ4n) is 1.35. The van der Waals surface area contributed by atoms with E-state index in [-0.39, 0.29) is 12.3 Å². The molecule has 0 spiro atoms. The SMILES string of the molecule is CN(C(=O)CC#N)c1nnc(-c2ccc(Br)cc2)s1. The van der Waals surface area contributed by atoms with Gasteiger partial charge < -0.3 is 0 Å². The van der Waals surface area contributed by atoms with E-state index in [4.69, 9.17) is 5.26 Å². The Kier molecular flexibility index (Phi) is 4.24. The summed E-state index contributed by atoms with van der Waals surface area (Å²) in [5.41, 5.74) is 0.938. The van der Waals surface area contributed by atoms with Crippen molar-refractivity contribution in [3.05, 3.63) is 28.7 Å². The number of anilines is 1. The Morgan fingerprint density at radius 3 is 2.74 bits per heavy atom. The second kappa shape index (κ2) is 5.91. The molecule has 5 nitrogen and oxygen atoms in total. The van der Waals surface area contributed by atoms with Crippen LogP contribution in [0.4, 0.5) is 5.13 Å². The zero-order chi connectivity index (χ0) is 13.8. The maximum absolute atomic E-state index is 11.6. The number of aromatic nitrogens is 2. The first kappa shape index (κ1) is 13.6. The van der Waals surface area contributed by atoms with E-state index in [2.05, 4.69) is 26.1 Å². The van der Waals surface area contributed by atoms with Gasteiger partial charge in [-0.2, -0.15) is 5.26 Å². The molecule has 0 aliphatic carbocycles. The Bertz CT molecular complexity index is 632. The van der Waals surface area contributed by atoms with E-state index in [9.17, 15) is 4.79 Å². The first-order valence-electron chi connectivity index (χ1n) is 5.35. The number of carbonyl (C=O) groups excluding carboxylic acids is 1. The third kappa shape index (κ3) is 3.16. The number of nitrogens with zero attached hydrogens (tertiary/aromatic N) is 4. The molecule has 0 unspecified atom stereocenters. The van der Waals surface area contributed by atoms with Crippen LogP contribution in [0.15, 0.2) is 28.7 Å². The van der Waals surface area contributed by atoms with Crippen molar-refractivity contribution in [2.45, 2.75) is 6.42 Å². The lowest BCUT2D eigenvalue weighted by Crippen LogP contribution is -2.25. The summed E-state index contributed by atoms with van der Waals surface area (Å²) in [7, 11) is 1.59. The number of rotatable bonds is 3. The highest BCUT2D eigenvalue weighted by Crippen LogP contribution is 2.29. The van der Waals surface area contributed by atoms with E-state index in [1.54, 1.807) is 7.05 Å². The summed E-state index contributed by atoms with van der Waals surface area (Å²) < 4.78 is 0.988. The number of halogens is 1. The van der Waals surface area contributed by atoms with Gasteiger partial charge in [0.05, 0.1) is 6.07 Å². The predicted octanol–water partition coefficient (Wildman–Crippen LogP) is 2.84. The molecule has 19 heavy (non-hydrogen) atoms. The Morgan fingerprint density at radius 1 is 1.42 bits per heavy atom. The molecule has 2 rings (SSSR count). The minimum absolute atomic E-state index is 0.163. The highest BCUT2D eigenvalue weighted by Gasteiger charge is 2.15. The molecule has 1 heterocycles. The van der Waals surface area contributed by atoms with Crippen molar-refractivity contribution in [3.63, 3.8) is 0 Å². The molecule has 0 atom stereocenters. The van der Waals surface area contributed by atoms with Gasteiger partial charge in [-0.25, -0.2) is 0 Å². The van der Waals surface area contributed by atoms with Gasteiger partial charge in [-0.1, -0.05) is 39.4 Å². The number of amides is 1. The third-order valence-corrected chi connectivity index (χ3v) is 3.97. The molecule has 0 saturated carbocycles. The van der Waals surface area contributed by atoms with Crippen LogP contribution in [0, 0.1) is 11.3 Å². The summed E-state index contributed by atoms with van der Waals surface area (Å²) in [6.07, 6.45) is -0.163. The molecule has 0 saturated heterocycles. The summed E-state index contributed by atoms with van der Waals surface area (Å²) >= 11 is 4.68. The second-order valence-electron chi connectivity index (χ2n) is 3.68. The van der Waals surface area contributed by atoms with Crippen molar-refractivity contribution >= 4 is 38.3 Å². The highest BCUT2D eigenvalue weighted by molar-refractivity contribution is 9.10. The highest BCUT2D eigenvalue weighted by atomic mass is 79.9. The minimum atomic E-state index is -0.291. The lowest BCUT2D eigenvalue weighted by atomic mass is 10.2. The van der Waals surface area contributed by atoms with Gasteiger partial charge in [0.2, 0.25) is 11.0 Å². The largest absolute Gasteiger partial charge is 0.289 e. The number of benzene rings is 1. The number of hydrogen-bond donors (Lipinski definition) is 0. The molecule has 1 aromatic heterocycles. The van der Waals surface area contributed by atoms with Crippen LogP contribution in [0.2, 0.25) is 0 Å². The van der Waals surface area contributed by atoms with Crippen LogP contribution in [-0.2, 0) is 4.79 Å². The lowest BCUT2D eigenvalue weighted by Gasteiger charge is -2.09. The molecule has 0 aliphatic heterocycles. The summed E-state index contributed by atoms with van der Waals surface area (Å²) in [6, 6.07) is 9.50. The quantitative estimate of drug-likeness (QED) is 0.864.